The summed E-state index contributed by atoms with van der Waals surface area (Å²) in [6.07, 6.45) is 2.27. The number of rotatable bonds is 7. The van der Waals surface area contributed by atoms with Crippen LogP contribution in [0.1, 0.15) is 32.7 Å². The molecule has 0 bridgehead atoms. The Labute approximate surface area is 182 Å². The highest BCUT2D eigenvalue weighted by Crippen LogP contribution is 2.22. The number of hydrogen-bond donors (Lipinski definition) is 0. The summed E-state index contributed by atoms with van der Waals surface area (Å²) < 4.78 is 26.6. The van der Waals surface area contributed by atoms with Gasteiger partial charge in [-0.15, -0.1) is 0 Å². The summed E-state index contributed by atoms with van der Waals surface area (Å²) in [5.41, 5.74) is 1.78. The Hall–Kier alpha value is -2.81. The maximum atomic E-state index is 12.6. The number of fused-ring (bicyclic) bond motifs is 1. The number of nitrogens with zero attached hydrogens (tertiary/aromatic N) is 3. The number of benzene rings is 2. The van der Waals surface area contributed by atoms with Gasteiger partial charge in [0.2, 0.25) is 10.0 Å². The third kappa shape index (κ3) is 4.76. The summed E-state index contributed by atoms with van der Waals surface area (Å²) in [6, 6.07) is 16.2. The molecule has 8 heteroatoms. The van der Waals surface area contributed by atoms with E-state index in [9.17, 15) is 18.0 Å². The first-order valence-electron chi connectivity index (χ1n) is 10.4. The molecule has 162 valence electrons. The molecule has 0 aromatic heterocycles. The van der Waals surface area contributed by atoms with E-state index in [1.807, 2.05) is 30.3 Å². The van der Waals surface area contributed by atoms with E-state index < -0.39 is 10.0 Å². The summed E-state index contributed by atoms with van der Waals surface area (Å²) in [5.74, 6) is -0.469. The van der Waals surface area contributed by atoms with Crippen molar-refractivity contribution in [3.05, 3.63) is 76.7 Å². The van der Waals surface area contributed by atoms with E-state index in [-0.39, 0.29) is 11.8 Å². The maximum Gasteiger partial charge on any atom is 0.261 e. The number of imide groups is 1. The fourth-order valence-electron chi connectivity index (χ4n) is 3.92. The zero-order chi connectivity index (χ0) is 21.8. The molecule has 0 aliphatic carbocycles. The highest BCUT2D eigenvalue weighted by atomic mass is 32.2. The van der Waals surface area contributed by atoms with E-state index in [2.05, 4.69) is 4.90 Å². The van der Waals surface area contributed by atoms with E-state index in [1.54, 1.807) is 30.3 Å². The van der Waals surface area contributed by atoms with Crippen molar-refractivity contribution >= 4 is 27.9 Å². The van der Waals surface area contributed by atoms with Crippen LogP contribution < -0.4 is 0 Å². The number of hydrogen-bond acceptors (Lipinski definition) is 5. The van der Waals surface area contributed by atoms with Gasteiger partial charge in [-0.1, -0.05) is 42.5 Å². The minimum absolute atomic E-state index is 0.235. The van der Waals surface area contributed by atoms with Crippen LogP contribution in [0.25, 0.3) is 6.08 Å². The first-order chi connectivity index (χ1) is 15.0. The second kappa shape index (κ2) is 9.13. The Kier molecular flexibility index (Phi) is 6.31. The molecule has 31 heavy (non-hydrogen) atoms. The van der Waals surface area contributed by atoms with E-state index in [1.165, 1.54) is 14.6 Å². The SMILES string of the molecule is O=C1c2ccccc2C(=O)N1CCCN1CCN(S(=O)(=O)/C=C/c2ccccc2)CC1. The van der Waals surface area contributed by atoms with Crippen LogP contribution in [0.2, 0.25) is 0 Å². The van der Waals surface area contributed by atoms with Gasteiger partial charge in [0.1, 0.15) is 0 Å². The van der Waals surface area contributed by atoms with Crippen LogP contribution >= 0.6 is 0 Å². The van der Waals surface area contributed by atoms with Crippen LogP contribution in [0, 0.1) is 0 Å². The van der Waals surface area contributed by atoms with Crippen molar-refractivity contribution in [3.63, 3.8) is 0 Å². The van der Waals surface area contributed by atoms with Gasteiger partial charge in [-0.25, -0.2) is 8.42 Å². The number of piperazine rings is 1. The van der Waals surface area contributed by atoms with Gasteiger partial charge in [0.15, 0.2) is 0 Å². The molecule has 2 aliphatic rings. The summed E-state index contributed by atoms with van der Waals surface area (Å²) in [6.45, 7) is 3.18. The van der Waals surface area contributed by atoms with Crippen LogP contribution in [0.5, 0.6) is 0 Å². The third-order valence-electron chi connectivity index (χ3n) is 5.66. The molecule has 2 aromatic carbocycles. The van der Waals surface area contributed by atoms with Gasteiger partial charge in [-0.05, 0) is 36.7 Å². The van der Waals surface area contributed by atoms with Crippen molar-refractivity contribution in [2.75, 3.05) is 39.3 Å². The zero-order valence-corrected chi connectivity index (χ0v) is 18.0. The molecule has 2 amide bonds. The van der Waals surface area contributed by atoms with E-state index in [0.717, 1.165) is 5.56 Å². The molecule has 1 saturated heterocycles. The Bertz CT molecular complexity index is 1060. The second-order valence-corrected chi connectivity index (χ2v) is 9.48. The average Bonchev–Trinajstić information content (AvgIpc) is 3.04. The molecule has 0 atom stereocenters. The van der Waals surface area contributed by atoms with Crippen molar-refractivity contribution in [1.82, 2.24) is 14.1 Å². The molecule has 2 aromatic rings. The van der Waals surface area contributed by atoms with Crippen LogP contribution in [0.4, 0.5) is 0 Å². The minimum atomic E-state index is -3.46. The molecule has 2 heterocycles. The normalized spacial score (nSPS) is 18.1. The van der Waals surface area contributed by atoms with Crippen LogP contribution in [-0.4, -0.2) is 73.6 Å². The lowest BCUT2D eigenvalue weighted by Gasteiger charge is -2.33. The average molecular weight is 440 g/mol. The molecule has 7 nitrogen and oxygen atoms in total. The highest BCUT2D eigenvalue weighted by Gasteiger charge is 2.34. The summed E-state index contributed by atoms with van der Waals surface area (Å²) in [7, 11) is -3.46. The topological polar surface area (TPSA) is 78.0 Å². The first kappa shape index (κ1) is 21.4. The zero-order valence-electron chi connectivity index (χ0n) is 17.2. The van der Waals surface area contributed by atoms with Crippen LogP contribution in [0.15, 0.2) is 60.0 Å². The Morgan fingerprint density at radius 3 is 1.97 bits per heavy atom. The van der Waals surface area contributed by atoms with Gasteiger partial charge >= 0.3 is 0 Å². The quantitative estimate of drug-likeness (QED) is 0.619. The molecule has 1 fully saturated rings. The summed E-state index contributed by atoms with van der Waals surface area (Å²) >= 11 is 0. The molecule has 2 aliphatic heterocycles. The predicted molar refractivity (Wildman–Crippen MR) is 119 cm³/mol. The molecular weight excluding hydrogens is 414 g/mol. The lowest BCUT2D eigenvalue weighted by Crippen LogP contribution is -2.48. The molecule has 0 spiro atoms. The molecule has 4 rings (SSSR count). The monoisotopic (exact) mass is 439 g/mol. The van der Waals surface area contributed by atoms with Gasteiger partial charge in [0.25, 0.3) is 11.8 Å². The predicted octanol–water partition coefficient (Wildman–Crippen LogP) is 2.29. The van der Waals surface area contributed by atoms with Crippen molar-refractivity contribution in [2.24, 2.45) is 0 Å². The third-order valence-corrected chi connectivity index (χ3v) is 7.22. The number of amides is 2. The van der Waals surface area contributed by atoms with Gasteiger partial charge in [-0.3, -0.25) is 14.5 Å². The molecule has 0 unspecified atom stereocenters. The van der Waals surface area contributed by atoms with Gasteiger partial charge in [0, 0.05) is 38.1 Å². The van der Waals surface area contributed by atoms with Gasteiger partial charge in [-0.2, -0.15) is 4.31 Å². The first-order valence-corrected chi connectivity index (χ1v) is 11.9. The fraction of sp³-hybridized carbons (Fsp3) is 0.304. The molecular formula is C23H25N3O4S. The maximum absolute atomic E-state index is 12.6. The summed E-state index contributed by atoms with van der Waals surface area (Å²) in [4.78, 5) is 28.3. The highest BCUT2D eigenvalue weighted by molar-refractivity contribution is 7.92. The van der Waals surface area contributed by atoms with E-state index in [0.29, 0.717) is 56.8 Å². The van der Waals surface area contributed by atoms with E-state index >= 15 is 0 Å². The minimum Gasteiger partial charge on any atom is -0.301 e. The summed E-state index contributed by atoms with van der Waals surface area (Å²) in [5, 5.41) is 1.26. The van der Waals surface area contributed by atoms with Gasteiger partial charge < -0.3 is 4.90 Å². The molecule has 0 radical (unpaired) electrons. The van der Waals surface area contributed by atoms with Crippen molar-refractivity contribution in [2.45, 2.75) is 6.42 Å². The Balaban J connectivity index is 1.24. The fourth-order valence-corrected chi connectivity index (χ4v) is 5.09. The lowest BCUT2D eigenvalue weighted by atomic mass is 10.1. The van der Waals surface area contributed by atoms with Crippen molar-refractivity contribution in [3.8, 4) is 0 Å². The molecule has 0 N–H and O–H groups in total. The van der Waals surface area contributed by atoms with Crippen LogP contribution in [-0.2, 0) is 10.0 Å². The van der Waals surface area contributed by atoms with Gasteiger partial charge in [0.05, 0.1) is 11.1 Å². The number of carbonyl (C=O) groups is 2. The Morgan fingerprint density at radius 1 is 0.774 bits per heavy atom. The van der Waals surface area contributed by atoms with E-state index in [4.69, 9.17) is 0 Å². The lowest BCUT2D eigenvalue weighted by molar-refractivity contribution is 0.0644. The second-order valence-electron chi connectivity index (χ2n) is 7.66. The molecule has 0 saturated carbocycles. The van der Waals surface area contributed by atoms with Crippen molar-refractivity contribution < 1.29 is 18.0 Å². The smallest absolute Gasteiger partial charge is 0.261 e. The largest absolute Gasteiger partial charge is 0.301 e. The number of sulfonamides is 1. The number of carbonyl (C=O) groups excluding carboxylic acids is 2. The van der Waals surface area contributed by atoms with Crippen molar-refractivity contribution in [1.29, 1.82) is 0 Å². The Morgan fingerprint density at radius 2 is 1.35 bits per heavy atom. The van der Waals surface area contributed by atoms with Crippen LogP contribution in [0.3, 0.4) is 0 Å². The standard InChI is InChI=1S/C23H25N3O4S/c27-22-20-9-4-5-10-21(20)23(28)26(22)13-6-12-24-14-16-25(17-15-24)31(29,30)18-11-19-7-2-1-3-8-19/h1-5,7-11,18H,6,12-17H2/b18-11+.